The maximum Gasteiger partial charge on any atom is 0.119 e. The standard InChI is InChI=1S/C32H50O/c1-5-7-9-11-12-13-15-20-24-29-27(21-17-14-10-8-6-2)25-26-30(33)31(29)32(3,4)28-22-18-16-19-23-28/h16,18-19,22-23,25-26,33H,5-15,17,20-21,24H2,1-4H3. The van der Waals surface area contributed by atoms with Gasteiger partial charge in [0, 0.05) is 11.0 Å². The van der Waals surface area contributed by atoms with Crippen LogP contribution >= 0.6 is 0 Å². The lowest BCUT2D eigenvalue weighted by Crippen LogP contribution is -2.22. The van der Waals surface area contributed by atoms with Gasteiger partial charge >= 0.3 is 0 Å². The minimum absolute atomic E-state index is 0.209. The predicted octanol–water partition coefficient (Wildman–Crippen LogP) is 9.91. The van der Waals surface area contributed by atoms with Crippen molar-refractivity contribution in [3.8, 4) is 5.75 Å². The summed E-state index contributed by atoms with van der Waals surface area (Å²) in [5.74, 6) is 0.466. The molecule has 0 aliphatic heterocycles. The third-order valence-electron chi connectivity index (χ3n) is 7.34. The van der Waals surface area contributed by atoms with Crippen molar-refractivity contribution >= 4 is 0 Å². The molecule has 0 amide bonds. The quantitative estimate of drug-likeness (QED) is 0.238. The Morgan fingerprint density at radius 3 is 1.70 bits per heavy atom. The highest BCUT2D eigenvalue weighted by Gasteiger charge is 2.30. The summed E-state index contributed by atoms with van der Waals surface area (Å²) < 4.78 is 0. The van der Waals surface area contributed by atoms with E-state index in [0.29, 0.717) is 5.75 Å². The van der Waals surface area contributed by atoms with E-state index in [1.165, 1.54) is 100 Å². The maximum atomic E-state index is 11.1. The Hall–Kier alpha value is -1.76. The average Bonchev–Trinajstić information content (AvgIpc) is 2.82. The van der Waals surface area contributed by atoms with Gasteiger partial charge in [0.05, 0.1) is 0 Å². The van der Waals surface area contributed by atoms with Crippen molar-refractivity contribution in [3.63, 3.8) is 0 Å². The first kappa shape index (κ1) is 27.5. The molecule has 2 aromatic rings. The molecule has 1 nitrogen and oxygen atoms in total. The van der Waals surface area contributed by atoms with Gasteiger partial charge in [-0.05, 0) is 48.4 Å². The minimum Gasteiger partial charge on any atom is -0.508 e. The summed E-state index contributed by atoms with van der Waals surface area (Å²) >= 11 is 0. The number of benzene rings is 2. The fourth-order valence-corrected chi connectivity index (χ4v) is 5.25. The van der Waals surface area contributed by atoms with E-state index in [9.17, 15) is 5.11 Å². The molecule has 0 fully saturated rings. The number of hydrogen-bond donors (Lipinski definition) is 1. The van der Waals surface area contributed by atoms with E-state index in [-0.39, 0.29) is 5.41 Å². The fourth-order valence-electron chi connectivity index (χ4n) is 5.25. The highest BCUT2D eigenvalue weighted by molar-refractivity contribution is 5.53. The molecular weight excluding hydrogens is 400 g/mol. The molecule has 0 radical (unpaired) electrons. The number of aryl methyl sites for hydroxylation is 1. The van der Waals surface area contributed by atoms with Gasteiger partial charge in [-0.15, -0.1) is 0 Å². The van der Waals surface area contributed by atoms with Crippen LogP contribution in [0, 0.1) is 0 Å². The highest BCUT2D eigenvalue weighted by atomic mass is 16.3. The zero-order valence-electron chi connectivity index (χ0n) is 22.1. The van der Waals surface area contributed by atoms with Crippen molar-refractivity contribution in [3.05, 3.63) is 64.7 Å². The van der Waals surface area contributed by atoms with E-state index >= 15 is 0 Å². The van der Waals surface area contributed by atoms with Crippen LogP contribution < -0.4 is 0 Å². The molecule has 0 aromatic heterocycles. The zero-order valence-corrected chi connectivity index (χ0v) is 22.1. The summed E-state index contributed by atoms with van der Waals surface area (Å²) in [6.07, 6.45) is 19.4. The molecule has 0 bridgehead atoms. The van der Waals surface area contributed by atoms with Gasteiger partial charge in [0.25, 0.3) is 0 Å². The zero-order chi connectivity index (χ0) is 23.9. The average molecular weight is 451 g/mol. The van der Waals surface area contributed by atoms with Crippen molar-refractivity contribution in [2.75, 3.05) is 0 Å². The molecule has 0 heterocycles. The van der Waals surface area contributed by atoms with Crippen molar-refractivity contribution in [1.29, 1.82) is 0 Å². The van der Waals surface area contributed by atoms with E-state index in [4.69, 9.17) is 0 Å². The summed E-state index contributed by atoms with van der Waals surface area (Å²) in [4.78, 5) is 0. The minimum atomic E-state index is -0.209. The molecule has 184 valence electrons. The number of rotatable bonds is 17. The molecule has 33 heavy (non-hydrogen) atoms. The van der Waals surface area contributed by atoms with Crippen molar-refractivity contribution < 1.29 is 5.11 Å². The van der Waals surface area contributed by atoms with Crippen molar-refractivity contribution in [1.82, 2.24) is 0 Å². The maximum absolute atomic E-state index is 11.1. The van der Waals surface area contributed by atoms with Crippen LogP contribution in [0.25, 0.3) is 0 Å². The second-order valence-corrected chi connectivity index (χ2v) is 10.5. The van der Waals surface area contributed by atoms with Gasteiger partial charge in [-0.2, -0.15) is 0 Å². The third kappa shape index (κ3) is 8.84. The van der Waals surface area contributed by atoms with Crippen LogP contribution in [0.2, 0.25) is 0 Å². The summed E-state index contributed by atoms with van der Waals surface area (Å²) in [6, 6.07) is 14.9. The van der Waals surface area contributed by atoms with Gasteiger partial charge in [0.15, 0.2) is 0 Å². The van der Waals surface area contributed by atoms with Crippen LogP contribution in [-0.2, 0) is 18.3 Å². The molecule has 1 heteroatoms. The van der Waals surface area contributed by atoms with Crippen molar-refractivity contribution in [2.24, 2.45) is 0 Å². The Balaban J connectivity index is 2.17. The SMILES string of the molecule is CCCCCCCCCCc1c(CCCCCCC)ccc(O)c1C(C)(C)c1ccccc1. The molecule has 0 atom stereocenters. The van der Waals surface area contributed by atoms with Crippen LogP contribution in [0.3, 0.4) is 0 Å². The van der Waals surface area contributed by atoms with Crippen LogP contribution in [0.15, 0.2) is 42.5 Å². The Labute approximate surface area is 205 Å². The molecule has 0 aliphatic carbocycles. The molecule has 0 saturated heterocycles. The monoisotopic (exact) mass is 450 g/mol. The number of unbranched alkanes of at least 4 members (excludes halogenated alkanes) is 11. The lowest BCUT2D eigenvalue weighted by atomic mass is 9.73. The van der Waals surface area contributed by atoms with Gasteiger partial charge in [-0.3, -0.25) is 0 Å². The fraction of sp³-hybridized carbons (Fsp3) is 0.625. The molecule has 0 spiro atoms. The smallest absolute Gasteiger partial charge is 0.119 e. The van der Waals surface area contributed by atoms with E-state index in [1.54, 1.807) is 0 Å². The van der Waals surface area contributed by atoms with Gasteiger partial charge < -0.3 is 5.11 Å². The van der Waals surface area contributed by atoms with Gasteiger partial charge in [0.1, 0.15) is 5.75 Å². The Morgan fingerprint density at radius 1 is 0.606 bits per heavy atom. The molecule has 0 aliphatic rings. The summed E-state index contributed by atoms with van der Waals surface area (Å²) in [7, 11) is 0. The number of phenols is 1. The van der Waals surface area contributed by atoms with Crippen LogP contribution in [0.4, 0.5) is 0 Å². The van der Waals surface area contributed by atoms with Crippen LogP contribution in [-0.4, -0.2) is 5.11 Å². The first-order valence-electron chi connectivity index (χ1n) is 13.9. The number of hydrogen-bond acceptors (Lipinski definition) is 1. The predicted molar refractivity (Wildman–Crippen MR) is 145 cm³/mol. The Kier molecular flexibility index (Phi) is 12.7. The third-order valence-corrected chi connectivity index (χ3v) is 7.34. The first-order chi connectivity index (χ1) is 16.0. The number of aromatic hydroxyl groups is 1. The second-order valence-electron chi connectivity index (χ2n) is 10.5. The summed E-state index contributed by atoms with van der Waals surface area (Å²) in [6.45, 7) is 9.12. The lowest BCUT2D eigenvalue weighted by molar-refractivity contribution is 0.449. The molecule has 2 aromatic carbocycles. The molecule has 1 N–H and O–H groups in total. The van der Waals surface area contributed by atoms with Crippen LogP contribution in [0.1, 0.15) is 133 Å². The molecule has 0 saturated carbocycles. The number of phenolic OH excluding ortho intramolecular Hbond substituents is 1. The lowest BCUT2D eigenvalue weighted by Gasteiger charge is -2.31. The van der Waals surface area contributed by atoms with E-state index in [0.717, 1.165) is 18.4 Å². The van der Waals surface area contributed by atoms with E-state index in [2.05, 4.69) is 64.1 Å². The molecular formula is C32H50O. The summed E-state index contributed by atoms with van der Waals surface area (Å²) in [5.41, 5.74) is 5.11. The van der Waals surface area contributed by atoms with E-state index < -0.39 is 0 Å². The second kappa shape index (κ2) is 15.2. The van der Waals surface area contributed by atoms with Gasteiger partial charge in [-0.1, -0.05) is 135 Å². The van der Waals surface area contributed by atoms with Crippen LogP contribution in [0.5, 0.6) is 5.75 Å². The highest BCUT2D eigenvalue weighted by Crippen LogP contribution is 2.41. The topological polar surface area (TPSA) is 20.2 Å². The van der Waals surface area contributed by atoms with Gasteiger partial charge in [0.2, 0.25) is 0 Å². The normalized spacial score (nSPS) is 11.8. The Bertz CT molecular complexity index is 775. The first-order valence-corrected chi connectivity index (χ1v) is 13.9. The van der Waals surface area contributed by atoms with Crippen molar-refractivity contribution in [2.45, 2.75) is 129 Å². The van der Waals surface area contributed by atoms with Gasteiger partial charge in [-0.25, -0.2) is 0 Å². The summed E-state index contributed by atoms with van der Waals surface area (Å²) in [5, 5.41) is 11.1. The molecule has 0 unspecified atom stereocenters. The molecule has 2 rings (SSSR count). The Morgan fingerprint density at radius 2 is 1.12 bits per heavy atom. The largest absolute Gasteiger partial charge is 0.508 e. The van der Waals surface area contributed by atoms with E-state index in [1.807, 2.05) is 6.07 Å².